The highest BCUT2D eigenvalue weighted by Crippen LogP contribution is 2.28. The maximum Gasteiger partial charge on any atom is 0.269 e. The van der Waals surface area contributed by atoms with Gasteiger partial charge in [0, 0.05) is 24.3 Å². The van der Waals surface area contributed by atoms with Crippen LogP contribution in [-0.2, 0) is 9.53 Å². The average Bonchev–Trinajstić information content (AvgIpc) is 2.87. The van der Waals surface area contributed by atoms with E-state index in [4.69, 9.17) is 31.2 Å². The Kier molecular flexibility index (Phi) is 9.30. The fourth-order valence-electron chi connectivity index (χ4n) is 3.12. The molecule has 0 spiro atoms. The van der Waals surface area contributed by atoms with Crippen molar-refractivity contribution in [1.29, 1.82) is 0 Å². The highest BCUT2D eigenvalue weighted by Gasteiger charge is 2.18. The van der Waals surface area contributed by atoms with Gasteiger partial charge in [-0.1, -0.05) is 0 Å². The zero-order valence-electron chi connectivity index (χ0n) is 19.1. The van der Waals surface area contributed by atoms with E-state index in [0.29, 0.717) is 50.0 Å². The second kappa shape index (κ2) is 12.6. The third-order valence-corrected chi connectivity index (χ3v) is 5.06. The van der Waals surface area contributed by atoms with Gasteiger partial charge in [-0.15, -0.1) is 0 Å². The molecule has 1 fully saturated rings. The molecule has 0 unspecified atom stereocenters. The van der Waals surface area contributed by atoms with Gasteiger partial charge in [0.15, 0.2) is 23.2 Å². The predicted octanol–water partition coefficient (Wildman–Crippen LogP) is 1.96. The lowest BCUT2D eigenvalue weighted by molar-refractivity contribution is -0.137. The van der Waals surface area contributed by atoms with Crippen molar-refractivity contribution in [3.63, 3.8) is 0 Å². The van der Waals surface area contributed by atoms with Crippen LogP contribution in [0.3, 0.4) is 0 Å². The number of benzene rings is 2. The summed E-state index contributed by atoms with van der Waals surface area (Å²) in [7, 11) is 1.46. The molecule has 0 aromatic heterocycles. The fraction of sp³-hybridized carbons (Fsp3) is 0.348. The molecule has 2 aromatic rings. The molecule has 3 N–H and O–H groups in total. The van der Waals surface area contributed by atoms with Gasteiger partial charge in [-0.25, -0.2) is 0 Å². The van der Waals surface area contributed by atoms with Crippen molar-refractivity contribution in [2.24, 2.45) is 0 Å². The predicted molar refractivity (Wildman–Crippen MR) is 130 cm³/mol. The van der Waals surface area contributed by atoms with E-state index < -0.39 is 5.91 Å². The third-order valence-electron chi connectivity index (χ3n) is 4.85. The van der Waals surface area contributed by atoms with E-state index in [-0.39, 0.29) is 17.6 Å². The maximum absolute atomic E-state index is 12.5. The number of hydrogen-bond donors (Lipinski definition) is 3. The molecular formula is C23H28N4O6S. The van der Waals surface area contributed by atoms with Crippen LogP contribution in [0.2, 0.25) is 0 Å². The van der Waals surface area contributed by atoms with Crippen molar-refractivity contribution in [3.05, 3.63) is 48.0 Å². The molecule has 0 saturated carbocycles. The van der Waals surface area contributed by atoms with Gasteiger partial charge in [-0.3, -0.25) is 20.4 Å². The minimum atomic E-state index is -0.426. The number of nitrogens with zero attached hydrogens (tertiary/aromatic N) is 1. The Balaban J connectivity index is 1.50. The molecule has 2 aromatic carbocycles. The van der Waals surface area contributed by atoms with Crippen molar-refractivity contribution >= 4 is 34.8 Å². The van der Waals surface area contributed by atoms with Crippen LogP contribution < -0.4 is 30.4 Å². The largest absolute Gasteiger partial charge is 0.494 e. The van der Waals surface area contributed by atoms with Gasteiger partial charge in [0.25, 0.3) is 11.8 Å². The molecule has 0 atom stereocenters. The van der Waals surface area contributed by atoms with Crippen LogP contribution in [-0.4, -0.2) is 68.5 Å². The maximum atomic E-state index is 12.5. The summed E-state index contributed by atoms with van der Waals surface area (Å²) in [6.07, 6.45) is 0. The standard InChI is InChI=1S/C23H28N4O6S/c1-3-32-18-7-5-17(6-8-18)24-23(34)26-25-22(29)16-4-9-19(20(14-16)30-2)33-15-21(28)27-10-12-31-13-11-27/h4-9,14H,3,10-13,15H2,1-2H3,(H,25,29)(H2,24,26,34). The normalized spacial score (nSPS) is 12.9. The lowest BCUT2D eigenvalue weighted by Gasteiger charge is -2.26. The van der Waals surface area contributed by atoms with Crippen LogP contribution in [0, 0.1) is 0 Å². The van der Waals surface area contributed by atoms with E-state index in [1.54, 1.807) is 17.0 Å². The number of ether oxygens (including phenoxy) is 4. The van der Waals surface area contributed by atoms with Crippen molar-refractivity contribution in [3.8, 4) is 17.2 Å². The quantitative estimate of drug-likeness (QED) is 0.379. The van der Waals surface area contributed by atoms with Crippen LogP contribution in [0.25, 0.3) is 0 Å². The van der Waals surface area contributed by atoms with Crippen molar-refractivity contribution < 1.29 is 28.5 Å². The first-order valence-electron chi connectivity index (χ1n) is 10.8. The monoisotopic (exact) mass is 488 g/mol. The van der Waals surface area contributed by atoms with Crippen molar-refractivity contribution in [2.45, 2.75) is 6.92 Å². The van der Waals surface area contributed by atoms with Crippen LogP contribution in [0.1, 0.15) is 17.3 Å². The second-order valence-corrected chi connectivity index (χ2v) is 7.55. The molecule has 1 heterocycles. The van der Waals surface area contributed by atoms with Gasteiger partial charge in [-0.2, -0.15) is 0 Å². The minimum absolute atomic E-state index is 0.130. The molecule has 3 rings (SSSR count). The topological polar surface area (TPSA) is 110 Å². The van der Waals surface area contributed by atoms with E-state index in [1.165, 1.54) is 13.2 Å². The number of rotatable bonds is 8. The molecule has 182 valence electrons. The number of hydrogen-bond acceptors (Lipinski definition) is 7. The molecule has 0 bridgehead atoms. The van der Waals surface area contributed by atoms with E-state index in [0.717, 1.165) is 11.4 Å². The van der Waals surface area contributed by atoms with E-state index in [1.807, 2.05) is 31.2 Å². The number of morpholine rings is 1. The third kappa shape index (κ3) is 7.22. The van der Waals surface area contributed by atoms with E-state index in [9.17, 15) is 9.59 Å². The highest BCUT2D eigenvalue weighted by molar-refractivity contribution is 7.80. The summed E-state index contributed by atoms with van der Waals surface area (Å²) in [5, 5.41) is 3.18. The smallest absolute Gasteiger partial charge is 0.269 e. The van der Waals surface area contributed by atoms with Crippen LogP contribution in [0.5, 0.6) is 17.2 Å². The Hall–Kier alpha value is -3.57. The number of hydrazine groups is 1. The number of amides is 2. The first kappa shape index (κ1) is 25.1. The first-order chi connectivity index (χ1) is 16.5. The summed E-state index contributed by atoms with van der Waals surface area (Å²) in [6.45, 7) is 4.50. The van der Waals surface area contributed by atoms with Gasteiger partial charge in [0.1, 0.15) is 5.75 Å². The number of carbonyl (C=O) groups is 2. The molecule has 0 aliphatic carbocycles. The van der Waals surface area contributed by atoms with Crippen LogP contribution in [0.4, 0.5) is 5.69 Å². The SMILES string of the molecule is CCOc1ccc(NC(=S)NNC(=O)c2ccc(OCC(=O)N3CCOCC3)c(OC)c2)cc1. The van der Waals surface area contributed by atoms with Crippen LogP contribution >= 0.6 is 12.2 Å². The summed E-state index contributed by atoms with van der Waals surface area (Å²) in [5.74, 6) is 0.890. The Morgan fingerprint density at radius 3 is 2.44 bits per heavy atom. The summed E-state index contributed by atoms with van der Waals surface area (Å²) < 4.78 is 21.6. The number of nitrogens with one attached hydrogen (secondary N) is 3. The summed E-state index contributed by atoms with van der Waals surface area (Å²) in [6, 6.07) is 11.9. The summed E-state index contributed by atoms with van der Waals surface area (Å²) >= 11 is 5.21. The Morgan fingerprint density at radius 1 is 1.03 bits per heavy atom. The number of methoxy groups -OCH3 is 1. The van der Waals surface area contributed by atoms with Gasteiger partial charge in [-0.05, 0) is 61.6 Å². The lowest BCUT2D eigenvalue weighted by atomic mass is 10.2. The fourth-order valence-corrected chi connectivity index (χ4v) is 3.29. The Labute approximate surface area is 203 Å². The molecule has 1 aliphatic rings. The van der Waals surface area contributed by atoms with Crippen molar-refractivity contribution in [2.75, 3.05) is 51.9 Å². The Morgan fingerprint density at radius 2 is 1.76 bits per heavy atom. The van der Waals surface area contributed by atoms with E-state index in [2.05, 4.69) is 16.2 Å². The number of thiocarbonyl (C=S) groups is 1. The molecule has 1 saturated heterocycles. The number of carbonyl (C=O) groups excluding carboxylic acids is 2. The van der Waals surface area contributed by atoms with Gasteiger partial charge in [0.05, 0.1) is 26.9 Å². The number of anilines is 1. The molecule has 0 radical (unpaired) electrons. The highest BCUT2D eigenvalue weighted by atomic mass is 32.1. The van der Waals surface area contributed by atoms with E-state index >= 15 is 0 Å². The minimum Gasteiger partial charge on any atom is -0.494 e. The average molecular weight is 489 g/mol. The molecule has 11 heteroatoms. The van der Waals surface area contributed by atoms with Gasteiger partial charge in [0.2, 0.25) is 0 Å². The summed E-state index contributed by atoms with van der Waals surface area (Å²) in [4.78, 5) is 26.5. The second-order valence-electron chi connectivity index (χ2n) is 7.14. The molecule has 10 nitrogen and oxygen atoms in total. The zero-order valence-corrected chi connectivity index (χ0v) is 19.9. The lowest BCUT2D eigenvalue weighted by Crippen LogP contribution is -2.43. The van der Waals surface area contributed by atoms with Crippen LogP contribution in [0.15, 0.2) is 42.5 Å². The molecule has 1 aliphatic heterocycles. The summed E-state index contributed by atoms with van der Waals surface area (Å²) in [5.41, 5.74) is 6.24. The Bertz CT molecular complexity index is 995. The first-order valence-corrected chi connectivity index (χ1v) is 11.2. The zero-order chi connectivity index (χ0) is 24.3. The molecule has 2 amide bonds. The van der Waals surface area contributed by atoms with Gasteiger partial charge >= 0.3 is 0 Å². The van der Waals surface area contributed by atoms with Gasteiger partial charge < -0.3 is 29.2 Å². The van der Waals surface area contributed by atoms with Crippen molar-refractivity contribution in [1.82, 2.24) is 15.8 Å². The molecular weight excluding hydrogens is 460 g/mol. The molecule has 34 heavy (non-hydrogen) atoms.